The minimum absolute atomic E-state index is 0.0451. The Morgan fingerprint density at radius 3 is 3.09 bits per heavy atom. The van der Waals surface area contributed by atoms with E-state index in [0.717, 1.165) is 5.69 Å². The van der Waals surface area contributed by atoms with Gasteiger partial charge >= 0.3 is 0 Å². The molecule has 1 amide bonds. The van der Waals surface area contributed by atoms with Crippen LogP contribution in [0.5, 0.6) is 0 Å². The number of nitrogens with one attached hydrogen (secondary N) is 1. The van der Waals surface area contributed by atoms with Crippen LogP contribution in [0.25, 0.3) is 0 Å². The van der Waals surface area contributed by atoms with Crippen LogP contribution in [0.15, 0.2) is 32.8 Å². The normalized spacial score (nSPS) is 16.5. The first-order valence-corrected chi connectivity index (χ1v) is 8.06. The molecule has 0 saturated carbocycles. The van der Waals surface area contributed by atoms with Gasteiger partial charge in [-0.2, -0.15) is 0 Å². The molecule has 1 unspecified atom stereocenters. The van der Waals surface area contributed by atoms with Gasteiger partial charge in [-0.05, 0) is 26.0 Å². The van der Waals surface area contributed by atoms with Crippen molar-refractivity contribution in [1.82, 2.24) is 14.9 Å². The minimum Gasteiger partial charge on any atom is -0.467 e. The molecule has 22 heavy (non-hydrogen) atoms. The molecule has 2 aromatic heterocycles. The minimum atomic E-state index is -0.143. The SMILES string of the molecule is Cc1nc2n(c(=O)c1C)C(CC(=O)NCc1ccco1)CS2. The van der Waals surface area contributed by atoms with Crippen LogP contribution in [0, 0.1) is 13.8 Å². The third-order valence-corrected chi connectivity index (χ3v) is 4.88. The number of aryl methyl sites for hydroxylation is 1. The zero-order valence-electron chi connectivity index (χ0n) is 12.5. The number of amides is 1. The summed E-state index contributed by atoms with van der Waals surface area (Å²) in [6.07, 6.45) is 1.84. The molecule has 7 heteroatoms. The van der Waals surface area contributed by atoms with Crippen LogP contribution in [0.4, 0.5) is 0 Å². The van der Waals surface area contributed by atoms with Crippen LogP contribution >= 0.6 is 11.8 Å². The molecule has 0 bridgehead atoms. The molecule has 6 nitrogen and oxygen atoms in total. The largest absolute Gasteiger partial charge is 0.467 e. The van der Waals surface area contributed by atoms with Crippen molar-refractivity contribution in [3.63, 3.8) is 0 Å². The first-order chi connectivity index (χ1) is 10.6. The maximum atomic E-state index is 12.4. The second kappa shape index (κ2) is 6.00. The van der Waals surface area contributed by atoms with Crippen LogP contribution in [0.2, 0.25) is 0 Å². The number of aromatic nitrogens is 2. The summed E-state index contributed by atoms with van der Waals surface area (Å²) in [4.78, 5) is 28.9. The van der Waals surface area contributed by atoms with Crippen molar-refractivity contribution >= 4 is 17.7 Å². The second-order valence-corrected chi connectivity index (χ2v) is 6.29. The van der Waals surface area contributed by atoms with Gasteiger partial charge in [0.15, 0.2) is 5.16 Å². The van der Waals surface area contributed by atoms with Gasteiger partial charge in [-0.15, -0.1) is 0 Å². The number of furan rings is 1. The fourth-order valence-corrected chi connectivity index (χ4v) is 3.59. The molecule has 116 valence electrons. The van der Waals surface area contributed by atoms with E-state index in [4.69, 9.17) is 4.42 Å². The molecule has 0 spiro atoms. The molecule has 0 saturated heterocycles. The molecule has 2 aromatic rings. The topological polar surface area (TPSA) is 77.1 Å². The van der Waals surface area contributed by atoms with Crippen molar-refractivity contribution in [1.29, 1.82) is 0 Å². The molecule has 1 atom stereocenters. The number of hydrogen-bond acceptors (Lipinski definition) is 5. The average molecular weight is 319 g/mol. The number of thioether (sulfide) groups is 1. The van der Waals surface area contributed by atoms with Crippen molar-refractivity contribution in [2.24, 2.45) is 0 Å². The summed E-state index contributed by atoms with van der Waals surface area (Å²) in [5, 5.41) is 3.52. The summed E-state index contributed by atoms with van der Waals surface area (Å²) < 4.78 is 6.83. The van der Waals surface area contributed by atoms with Crippen molar-refractivity contribution in [3.05, 3.63) is 45.8 Å². The van der Waals surface area contributed by atoms with E-state index >= 15 is 0 Å². The maximum absolute atomic E-state index is 12.4. The first kappa shape index (κ1) is 14.9. The van der Waals surface area contributed by atoms with Crippen LogP contribution in [-0.2, 0) is 11.3 Å². The number of fused-ring (bicyclic) bond motifs is 1. The second-order valence-electron chi connectivity index (χ2n) is 5.30. The van der Waals surface area contributed by atoms with Crippen molar-refractivity contribution in [2.75, 3.05) is 5.75 Å². The molecular formula is C15H17N3O3S. The van der Waals surface area contributed by atoms with Crippen molar-refractivity contribution in [3.8, 4) is 0 Å². The van der Waals surface area contributed by atoms with E-state index < -0.39 is 0 Å². The molecule has 0 fully saturated rings. The molecule has 1 aliphatic rings. The monoisotopic (exact) mass is 319 g/mol. The fourth-order valence-electron chi connectivity index (χ4n) is 2.41. The number of rotatable bonds is 4. The van der Waals surface area contributed by atoms with E-state index in [-0.39, 0.29) is 23.9 Å². The zero-order chi connectivity index (χ0) is 15.7. The van der Waals surface area contributed by atoms with Crippen LogP contribution in [0.1, 0.15) is 29.5 Å². The Kier molecular flexibility index (Phi) is 4.06. The Hall–Kier alpha value is -2.02. The lowest BCUT2D eigenvalue weighted by Crippen LogP contribution is -2.31. The third kappa shape index (κ3) is 2.81. The highest BCUT2D eigenvalue weighted by Gasteiger charge is 2.28. The van der Waals surface area contributed by atoms with E-state index in [9.17, 15) is 9.59 Å². The third-order valence-electron chi connectivity index (χ3n) is 3.78. The average Bonchev–Trinajstić information content (AvgIpc) is 3.13. The summed E-state index contributed by atoms with van der Waals surface area (Å²) >= 11 is 1.52. The number of hydrogen-bond donors (Lipinski definition) is 1. The Balaban J connectivity index is 1.70. The van der Waals surface area contributed by atoms with Gasteiger partial charge in [-0.25, -0.2) is 4.98 Å². The summed E-state index contributed by atoms with van der Waals surface area (Å²) in [6, 6.07) is 3.44. The standard InChI is InChI=1S/C15H17N3O3S/c1-9-10(2)17-15-18(14(9)20)11(8-22-15)6-13(19)16-7-12-4-3-5-21-12/h3-5,11H,6-8H2,1-2H3,(H,16,19). The lowest BCUT2D eigenvalue weighted by Gasteiger charge is -2.14. The van der Waals surface area contributed by atoms with Gasteiger partial charge in [0.2, 0.25) is 5.91 Å². The van der Waals surface area contributed by atoms with Gasteiger partial charge in [0, 0.05) is 23.4 Å². The zero-order valence-corrected chi connectivity index (χ0v) is 13.3. The summed E-state index contributed by atoms with van der Waals surface area (Å²) in [5.41, 5.74) is 1.36. The highest BCUT2D eigenvalue weighted by Crippen LogP contribution is 2.32. The number of carbonyl (C=O) groups is 1. The van der Waals surface area contributed by atoms with Gasteiger partial charge < -0.3 is 9.73 Å². The summed E-state index contributed by atoms with van der Waals surface area (Å²) in [5.74, 6) is 1.30. The predicted molar refractivity (Wildman–Crippen MR) is 82.9 cm³/mol. The van der Waals surface area contributed by atoms with Crippen LogP contribution in [0.3, 0.4) is 0 Å². The molecule has 3 rings (SSSR count). The van der Waals surface area contributed by atoms with Gasteiger partial charge in [0.05, 0.1) is 18.8 Å². The Labute approximate surface area is 131 Å². The van der Waals surface area contributed by atoms with E-state index in [2.05, 4.69) is 10.3 Å². The molecule has 3 heterocycles. The summed E-state index contributed by atoms with van der Waals surface area (Å²) in [6.45, 7) is 3.97. The van der Waals surface area contributed by atoms with Crippen LogP contribution < -0.4 is 10.9 Å². The van der Waals surface area contributed by atoms with E-state index in [1.54, 1.807) is 23.8 Å². The number of nitrogens with zero attached hydrogens (tertiary/aromatic N) is 2. The molecule has 1 aliphatic heterocycles. The first-order valence-electron chi connectivity index (χ1n) is 7.08. The Morgan fingerprint density at radius 2 is 2.36 bits per heavy atom. The van der Waals surface area contributed by atoms with E-state index in [1.165, 1.54) is 11.8 Å². The van der Waals surface area contributed by atoms with Gasteiger partial charge in [-0.1, -0.05) is 11.8 Å². The molecule has 1 N–H and O–H groups in total. The molecule has 0 aromatic carbocycles. The van der Waals surface area contributed by atoms with Crippen LogP contribution in [-0.4, -0.2) is 21.2 Å². The van der Waals surface area contributed by atoms with E-state index in [1.807, 2.05) is 13.0 Å². The van der Waals surface area contributed by atoms with Gasteiger partial charge in [0.25, 0.3) is 5.56 Å². The maximum Gasteiger partial charge on any atom is 0.257 e. The highest BCUT2D eigenvalue weighted by molar-refractivity contribution is 7.99. The fraction of sp³-hybridized carbons (Fsp3) is 0.400. The lowest BCUT2D eigenvalue weighted by molar-refractivity contribution is -0.122. The van der Waals surface area contributed by atoms with Gasteiger partial charge in [-0.3, -0.25) is 14.2 Å². The Bertz CT molecular complexity index is 752. The van der Waals surface area contributed by atoms with E-state index in [0.29, 0.717) is 28.8 Å². The highest BCUT2D eigenvalue weighted by atomic mass is 32.2. The van der Waals surface area contributed by atoms with Crippen molar-refractivity contribution in [2.45, 2.75) is 38.0 Å². The predicted octanol–water partition coefficient (Wildman–Crippen LogP) is 1.81. The lowest BCUT2D eigenvalue weighted by atomic mass is 10.2. The Morgan fingerprint density at radius 1 is 1.55 bits per heavy atom. The number of carbonyl (C=O) groups excluding carboxylic acids is 1. The smallest absolute Gasteiger partial charge is 0.257 e. The van der Waals surface area contributed by atoms with Crippen molar-refractivity contribution < 1.29 is 9.21 Å². The summed E-state index contributed by atoms with van der Waals surface area (Å²) in [7, 11) is 0. The van der Waals surface area contributed by atoms with Gasteiger partial charge in [0.1, 0.15) is 5.76 Å². The molecular weight excluding hydrogens is 302 g/mol. The molecule has 0 aliphatic carbocycles. The molecule has 0 radical (unpaired) electrons. The quantitative estimate of drug-likeness (QED) is 0.870.